The van der Waals surface area contributed by atoms with Gasteiger partial charge in [0.2, 0.25) is 0 Å². The summed E-state index contributed by atoms with van der Waals surface area (Å²) < 4.78 is 0.787. The molecule has 3 nitrogen and oxygen atoms in total. The second-order valence-electron chi connectivity index (χ2n) is 3.74. The van der Waals surface area contributed by atoms with Crippen LogP contribution in [0.15, 0.2) is 10.9 Å². The second kappa shape index (κ2) is 4.02. The highest BCUT2D eigenvalue weighted by Crippen LogP contribution is 2.20. The van der Waals surface area contributed by atoms with Crippen LogP contribution in [-0.4, -0.2) is 18.1 Å². The summed E-state index contributed by atoms with van der Waals surface area (Å²) in [5.41, 5.74) is 2.44. The molecule has 14 heavy (non-hydrogen) atoms. The standard InChI is InChI=1S/C10H13IN2O/c1-6-5-12-3-2-9-7(6)4-8(11)10(14)13-9/h4,6,12H,2-3,5H2,1H3,(H,13,14). The fourth-order valence-electron chi connectivity index (χ4n) is 1.85. The summed E-state index contributed by atoms with van der Waals surface area (Å²) in [4.78, 5) is 14.4. The van der Waals surface area contributed by atoms with Gasteiger partial charge in [-0.2, -0.15) is 0 Å². The molecular weight excluding hydrogens is 291 g/mol. The van der Waals surface area contributed by atoms with Gasteiger partial charge in [-0.3, -0.25) is 4.79 Å². The van der Waals surface area contributed by atoms with E-state index in [1.165, 1.54) is 5.56 Å². The van der Waals surface area contributed by atoms with Crippen LogP contribution in [0, 0.1) is 3.57 Å². The first-order valence-corrected chi connectivity index (χ1v) is 5.88. The molecule has 0 saturated carbocycles. The van der Waals surface area contributed by atoms with E-state index in [0.29, 0.717) is 5.92 Å². The fraction of sp³-hybridized carbons (Fsp3) is 0.500. The highest BCUT2D eigenvalue weighted by atomic mass is 127. The molecule has 0 amide bonds. The van der Waals surface area contributed by atoms with Crippen LogP contribution in [0.3, 0.4) is 0 Å². The summed E-state index contributed by atoms with van der Waals surface area (Å²) in [6.07, 6.45) is 0.922. The summed E-state index contributed by atoms with van der Waals surface area (Å²) in [6.45, 7) is 4.13. The van der Waals surface area contributed by atoms with Crippen molar-refractivity contribution in [2.45, 2.75) is 19.3 Å². The number of rotatable bonds is 0. The number of pyridine rings is 1. The molecule has 1 aliphatic heterocycles. The van der Waals surface area contributed by atoms with Crippen molar-refractivity contribution >= 4 is 22.6 Å². The second-order valence-corrected chi connectivity index (χ2v) is 4.90. The van der Waals surface area contributed by atoms with Crippen LogP contribution >= 0.6 is 22.6 Å². The van der Waals surface area contributed by atoms with Crippen molar-refractivity contribution in [1.82, 2.24) is 10.3 Å². The van der Waals surface area contributed by atoms with Gasteiger partial charge in [0.05, 0.1) is 3.57 Å². The van der Waals surface area contributed by atoms with Crippen LogP contribution in [0.4, 0.5) is 0 Å². The topological polar surface area (TPSA) is 44.9 Å². The minimum atomic E-state index is 0.0402. The summed E-state index contributed by atoms with van der Waals surface area (Å²) in [5, 5.41) is 3.36. The van der Waals surface area contributed by atoms with E-state index in [0.717, 1.165) is 28.8 Å². The summed E-state index contributed by atoms with van der Waals surface area (Å²) in [5.74, 6) is 0.484. The third-order valence-corrected chi connectivity index (χ3v) is 3.45. The van der Waals surface area contributed by atoms with Crippen molar-refractivity contribution in [2.24, 2.45) is 0 Å². The van der Waals surface area contributed by atoms with Gasteiger partial charge in [-0.25, -0.2) is 0 Å². The molecule has 2 heterocycles. The number of nitrogens with one attached hydrogen (secondary N) is 2. The van der Waals surface area contributed by atoms with Crippen molar-refractivity contribution < 1.29 is 0 Å². The third-order valence-electron chi connectivity index (χ3n) is 2.65. The Morgan fingerprint density at radius 3 is 3.14 bits per heavy atom. The van der Waals surface area contributed by atoms with Gasteiger partial charge in [0.15, 0.2) is 0 Å². The van der Waals surface area contributed by atoms with Gasteiger partial charge in [0.25, 0.3) is 5.56 Å². The van der Waals surface area contributed by atoms with Gasteiger partial charge in [-0.1, -0.05) is 6.92 Å². The number of halogens is 1. The van der Waals surface area contributed by atoms with Crippen molar-refractivity contribution in [3.63, 3.8) is 0 Å². The maximum atomic E-state index is 11.4. The maximum Gasteiger partial charge on any atom is 0.261 e. The Morgan fingerprint density at radius 2 is 2.36 bits per heavy atom. The van der Waals surface area contributed by atoms with E-state index in [2.05, 4.69) is 39.8 Å². The summed E-state index contributed by atoms with van der Waals surface area (Å²) in [7, 11) is 0. The smallest absolute Gasteiger partial charge is 0.261 e. The van der Waals surface area contributed by atoms with Crippen molar-refractivity contribution in [3.8, 4) is 0 Å². The van der Waals surface area contributed by atoms with Gasteiger partial charge in [-0.05, 0) is 40.1 Å². The van der Waals surface area contributed by atoms with Gasteiger partial charge in [0.1, 0.15) is 0 Å². The average Bonchev–Trinajstić information content (AvgIpc) is 2.31. The van der Waals surface area contributed by atoms with Crippen LogP contribution in [-0.2, 0) is 6.42 Å². The van der Waals surface area contributed by atoms with Crippen molar-refractivity contribution in [2.75, 3.05) is 13.1 Å². The van der Waals surface area contributed by atoms with Crippen LogP contribution in [0.5, 0.6) is 0 Å². The van der Waals surface area contributed by atoms with E-state index < -0.39 is 0 Å². The number of aromatic nitrogens is 1. The predicted molar refractivity (Wildman–Crippen MR) is 64.8 cm³/mol. The third kappa shape index (κ3) is 1.86. The first-order valence-electron chi connectivity index (χ1n) is 4.81. The number of hydrogen-bond acceptors (Lipinski definition) is 2. The molecule has 1 aromatic heterocycles. The number of fused-ring (bicyclic) bond motifs is 1. The van der Waals surface area contributed by atoms with E-state index >= 15 is 0 Å². The van der Waals surface area contributed by atoms with Crippen molar-refractivity contribution in [1.29, 1.82) is 0 Å². The minimum absolute atomic E-state index is 0.0402. The van der Waals surface area contributed by atoms with E-state index in [-0.39, 0.29) is 5.56 Å². The first-order chi connectivity index (χ1) is 6.68. The van der Waals surface area contributed by atoms with Crippen molar-refractivity contribution in [3.05, 3.63) is 31.2 Å². The van der Waals surface area contributed by atoms with Crippen LogP contribution in [0.1, 0.15) is 24.1 Å². The highest BCUT2D eigenvalue weighted by Gasteiger charge is 2.16. The molecule has 0 aromatic carbocycles. The lowest BCUT2D eigenvalue weighted by atomic mass is 10.00. The molecule has 0 bridgehead atoms. The minimum Gasteiger partial charge on any atom is -0.325 e. The maximum absolute atomic E-state index is 11.4. The van der Waals surface area contributed by atoms with Gasteiger partial charge < -0.3 is 10.3 Å². The molecule has 0 aliphatic carbocycles. The monoisotopic (exact) mass is 304 g/mol. The molecule has 2 N–H and O–H groups in total. The normalized spacial score (nSPS) is 21.4. The Labute approximate surface area is 96.4 Å². The number of H-pyrrole nitrogens is 1. The number of aromatic amines is 1. The Balaban J connectivity index is 2.54. The molecule has 1 aromatic rings. The Morgan fingerprint density at radius 1 is 1.57 bits per heavy atom. The zero-order valence-electron chi connectivity index (χ0n) is 8.06. The molecular formula is C10H13IN2O. The highest BCUT2D eigenvalue weighted by molar-refractivity contribution is 14.1. The molecule has 76 valence electrons. The summed E-state index contributed by atoms with van der Waals surface area (Å²) >= 11 is 2.09. The van der Waals surface area contributed by atoms with Gasteiger partial charge in [0, 0.05) is 25.2 Å². The lowest BCUT2D eigenvalue weighted by molar-refractivity contribution is 0.644. The van der Waals surface area contributed by atoms with E-state index in [4.69, 9.17) is 0 Å². The van der Waals surface area contributed by atoms with E-state index in [1.807, 2.05) is 6.07 Å². The molecule has 4 heteroatoms. The zero-order chi connectivity index (χ0) is 10.1. The zero-order valence-corrected chi connectivity index (χ0v) is 10.2. The lowest BCUT2D eigenvalue weighted by Crippen LogP contribution is -2.18. The molecule has 0 radical (unpaired) electrons. The fourth-order valence-corrected chi connectivity index (χ4v) is 2.32. The molecule has 1 atom stereocenters. The van der Waals surface area contributed by atoms with Crippen LogP contribution in [0.25, 0.3) is 0 Å². The van der Waals surface area contributed by atoms with Gasteiger partial charge >= 0.3 is 0 Å². The first kappa shape index (κ1) is 10.2. The molecule has 1 aliphatic rings. The largest absolute Gasteiger partial charge is 0.325 e. The van der Waals surface area contributed by atoms with E-state index in [9.17, 15) is 4.79 Å². The quantitative estimate of drug-likeness (QED) is 0.708. The molecule has 2 rings (SSSR count). The Hall–Kier alpha value is -0.360. The molecule has 0 saturated heterocycles. The van der Waals surface area contributed by atoms with Crippen LogP contribution < -0.4 is 10.9 Å². The van der Waals surface area contributed by atoms with E-state index in [1.54, 1.807) is 0 Å². The Kier molecular flexibility index (Phi) is 2.92. The SMILES string of the molecule is CC1CNCCc2[nH]c(=O)c(I)cc21. The molecule has 1 unspecified atom stereocenters. The Bertz CT molecular complexity index is 400. The van der Waals surface area contributed by atoms with Gasteiger partial charge in [-0.15, -0.1) is 0 Å². The predicted octanol–water partition coefficient (Wildman–Crippen LogP) is 1.23. The summed E-state index contributed by atoms with van der Waals surface area (Å²) in [6, 6.07) is 2.02. The average molecular weight is 304 g/mol. The van der Waals surface area contributed by atoms with Crippen LogP contribution in [0.2, 0.25) is 0 Å². The number of hydrogen-bond donors (Lipinski definition) is 2. The lowest BCUT2D eigenvalue weighted by Gasteiger charge is -2.11. The molecule has 0 fully saturated rings. The molecule has 0 spiro atoms.